The minimum atomic E-state index is -1.33. The van der Waals surface area contributed by atoms with Gasteiger partial charge < -0.3 is 9.47 Å². The Bertz CT molecular complexity index is 217. The van der Waals surface area contributed by atoms with Crippen molar-refractivity contribution in [2.45, 2.75) is 47.6 Å². The molecule has 0 spiro atoms. The summed E-state index contributed by atoms with van der Waals surface area (Å²) in [7, 11) is 0. The SMILES string of the molecule is ClC(Cl)(Cl)C1(OC[C@@H]2CO2)CCCCC1. The summed E-state index contributed by atoms with van der Waals surface area (Å²) in [5.41, 5.74) is -0.595. The number of halogens is 3. The number of hydrogen-bond acceptors (Lipinski definition) is 2. The summed E-state index contributed by atoms with van der Waals surface area (Å²) in [6, 6.07) is 0. The second-order valence-electron chi connectivity index (χ2n) is 4.32. The van der Waals surface area contributed by atoms with E-state index in [0.717, 1.165) is 32.3 Å². The van der Waals surface area contributed by atoms with Crippen LogP contribution in [0.15, 0.2) is 0 Å². The zero-order valence-electron chi connectivity index (χ0n) is 8.48. The summed E-state index contributed by atoms with van der Waals surface area (Å²) in [6.45, 7) is 1.32. The summed E-state index contributed by atoms with van der Waals surface area (Å²) in [6.07, 6.45) is 5.22. The Kier molecular flexibility index (Phi) is 3.74. The van der Waals surface area contributed by atoms with Gasteiger partial charge in [-0.1, -0.05) is 54.1 Å². The van der Waals surface area contributed by atoms with Crippen molar-refractivity contribution in [1.29, 1.82) is 0 Å². The maximum atomic E-state index is 6.04. The molecule has 1 aliphatic heterocycles. The summed E-state index contributed by atoms with van der Waals surface area (Å²) in [5, 5.41) is 0. The van der Waals surface area contributed by atoms with Gasteiger partial charge in [-0.25, -0.2) is 0 Å². The van der Waals surface area contributed by atoms with Gasteiger partial charge in [-0.15, -0.1) is 0 Å². The Morgan fingerprint density at radius 1 is 1.20 bits per heavy atom. The van der Waals surface area contributed by atoms with Crippen LogP contribution in [0.2, 0.25) is 0 Å². The van der Waals surface area contributed by atoms with Crippen LogP contribution < -0.4 is 0 Å². The van der Waals surface area contributed by atoms with Crippen LogP contribution in [0.1, 0.15) is 32.1 Å². The first-order valence-electron chi connectivity index (χ1n) is 5.36. The molecular formula is C10H15Cl3O2. The normalized spacial score (nSPS) is 30.2. The number of epoxide rings is 1. The molecular weight excluding hydrogens is 258 g/mol. The van der Waals surface area contributed by atoms with E-state index in [0.29, 0.717) is 6.61 Å². The van der Waals surface area contributed by atoms with E-state index >= 15 is 0 Å². The van der Waals surface area contributed by atoms with Crippen LogP contribution in [0.4, 0.5) is 0 Å². The number of rotatable bonds is 3. The molecule has 0 unspecified atom stereocenters. The fourth-order valence-electron chi connectivity index (χ4n) is 2.05. The lowest BCUT2D eigenvalue weighted by atomic mass is 9.85. The van der Waals surface area contributed by atoms with Crippen LogP contribution in [0.3, 0.4) is 0 Å². The molecule has 2 nitrogen and oxygen atoms in total. The maximum Gasteiger partial charge on any atom is 0.219 e. The quantitative estimate of drug-likeness (QED) is 0.580. The first kappa shape index (κ1) is 12.3. The molecule has 0 aromatic rings. The van der Waals surface area contributed by atoms with E-state index in [1.54, 1.807) is 0 Å². The molecule has 1 atom stereocenters. The molecule has 5 heteroatoms. The predicted molar refractivity (Wildman–Crippen MR) is 61.8 cm³/mol. The fourth-order valence-corrected chi connectivity index (χ4v) is 2.78. The van der Waals surface area contributed by atoms with E-state index in [2.05, 4.69) is 0 Å². The molecule has 1 aliphatic carbocycles. The van der Waals surface area contributed by atoms with Gasteiger partial charge in [0.2, 0.25) is 3.79 Å². The highest BCUT2D eigenvalue weighted by molar-refractivity contribution is 6.68. The maximum absolute atomic E-state index is 6.04. The van der Waals surface area contributed by atoms with Gasteiger partial charge in [-0.3, -0.25) is 0 Å². The van der Waals surface area contributed by atoms with Gasteiger partial charge >= 0.3 is 0 Å². The highest BCUT2D eigenvalue weighted by Gasteiger charge is 2.50. The standard InChI is InChI=1S/C10H15Cl3O2/c11-10(12,13)9(4-2-1-3-5-9)15-7-8-6-14-8/h8H,1-7H2/t8-/m0/s1. The highest BCUT2D eigenvalue weighted by atomic mass is 35.6. The molecule has 15 heavy (non-hydrogen) atoms. The minimum Gasteiger partial charge on any atom is -0.371 e. The van der Waals surface area contributed by atoms with Gasteiger partial charge in [0.25, 0.3) is 0 Å². The topological polar surface area (TPSA) is 21.8 Å². The van der Waals surface area contributed by atoms with Crippen LogP contribution in [0.5, 0.6) is 0 Å². The van der Waals surface area contributed by atoms with E-state index in [-0.39, 0.29) is 6.10 Å². The summed E-state index contributed by atoms with van der Waals surface area (Å²) in [5.74, 6) is 0. The highest BCUT2D eigenvalue weighted by Crippen LogP contribution is 2.49. The molecule has 1 saturated carbocycles. The zero-order chi connectivity index (χ0) is 10.9. The summed E-state index contributed by atoms with van der Waals surface area (Å²) < 4.78 is 9.61. The molecule has 88 valence electrons. The van der Waals surface area contributed by atoms with Crippen LogP contribution in [-0.2, 0) is 9.47 Å². The lowest BCUT2D eigenvalue weighted by Gasteiger charge is -2.42. The smallest absolute Gasteiger partial charge is 0.219 e. The van der Waals surface area contributed by atoms with E-state index < -0.39 is 9.39 Å². The second-order valence-corrected chi connectivity index (χ2v) is 6.60. The molecule has 0 radical (unpaired) electrons. The number of ether oxygens (including phenoxy) is 2. The van der Waals surface area contributed by atoms with Crippen molar-refractivity contribution in [3.63, 3.8) is 0 Å². The predicted octanol–water partition coefficient (Wildman–Crippen LogP) is 3.47. The van der Waals surface area contributed by atoms with Crippen molar-refractivity contribution in [1.82, 2.24) is 0 Å². The van der Waals surface area contributed by atoms with Crippen molar-refractivity contribution in [2.24, 2.45) is 0 Å². The number of hydrogen-bond donors (Lipinski definition) is 0. The third kappa shape index (κ3) is 2.92. The Morgan fingerprint density at radius 3 is 2.27 bits per heavy atom. The van der Waals surface area contributed by atoms with E-state index in [9.17, 15) is 0 Å². The molecule has 0 aromatic heterocycles. The summed E-state index contributed by atoms with van der Waals surface area (Å²) in [4.78, 5) is 0. The Labute approximate surface area is 105 Å². The lowest BCUT2D eigenvalue weighted by Crippen LogP contribution is -2.47. The third-order valence-electron chi connectivity index (χ3n) is 3.13. The van der Waals surface area contributed by atoms with E-state index in [1.807, 2.05) is 0 Å². The lowest BCUT2D eigenvalue weighted by molar-refractivity contribution is -0.0721. The molecule has 0 aromatic carbocycles. The molecule has 0 bridgehead atoms. The van der Waals surface area contributed by atoms with Gasteiger partial charge in [0.1, 0.15) is 11.7 Å². The Hall–Kier alpha value is 0.790. The van der Waals surface area contributed by atoms with Gasteiger partial charge in [-0.05, 0) is 12.8 Å². The molecule has 2 rings (SSSR count). The molecule has 2 fully saturated rings. The van der Waals surface area contributed by atoms with Crippen molar-refractivity contribution >= 4 is 34.8 Å². The minimum absolute atomic E-state index is 0.219. The van der Waals surface area contributed by atoms with Crippen LogP contribution in [0.25, 0.3) is 0 Å². The molecule has 0 amide bonds. The monoisotopic (exact) mass is 272 g/mol. The van der Waals surface area contributed by atoms with Gasteiger partial charge in [0.15, 0.2) is 0 Å². The first-order valence-corrected chi connectivity index (χ1v) is 6.49. The molecule has 2 aliphatic rings. The van der Waals surface area contributed by atoms with Gasteiger partial charge in [0.05, 0.1) is 13.2 Å². The van der Waals surface area contributed by atoms with E-state index in [1.165, 1.54) is 6.42 Å². The largest absolute Gasteiger partial charge is 0.371 e. The third-order valence-corrected chi connectivity index (χ3v) is 4.16. The van der Waals surface area contributed by atoms with Gasteiger partial charge in [0, 0.05) is 0 Å². The molecule has 0 N–H and O–H groups in total. The molecule has 1 saturated heterocycles. The Balaban J connectivity index is 1.99. The fraction of sp³-hybridized carbons (Fsp3) is 1.00. The Morgan fingerprint density at radius 2 is 1.80 bits per heavy atom. The average Bonchev–Trinajstić information content (AvgIpc) is 2.98. The van der Waals surface area contributed by atoms with Crippen molar-refractivity contribution in [2.75, 3.05) is 13.2 Å². The average molecular weight is 274 g/mol. The number of alkyl halides is 3. The van der Waals surface area contributed by atoms with Gasteiger partial charge in [-0.2, -0.15) is 0 Å². The van der Waals surface area contributed by atoms with Crippen LogP contribution in [0, 0.1) is 0 Å². The summed E-state index contributed by atoms with van der Waals surface area (Å²) >= 11 is 18.1. The molecule has 1 heterocycles. The second kappa shape index (κ2) is 4.58. The first-order chi connectivity index (χ1) is 7.04. The van der Waals surface area contributed by atoms with Crippen LogP contribution >= 0.6 is 34.8 Å². The van der Waals surface area contributed by atoms with E-state index in [4.69, 9.17) is 44.3 Å². The zero-order valence-corrected chi connectivity index (χ0v) is 10.7. The van der Waals surface area contributed by atoms with Crippen molar-refractivity contribution < 1.29 is 9.47 Å². The van der Waals surface area contributed by atoms with Crippen LogP contribution in [-0.4, -0.2) is 28.7 Å². The van der Waals surface area contributed by atoms with Crippen molar-refractivity contribution in [3.8, 4) is 0 Å². The van der Waals surface area contributed by atoms with Crippen molar-refractivity contribution in [3.05, 3.63) is 0 Å².